The molecule has 0 aliphatic carbocycles. The van der Waals surface area contributed by atoms with Gasteiger partial charge in [-0.3, -0.25) is 0 Å². The molecule has 2 atom stereocenters. The molecule has 0 amide bonds. The number of rotatable bonds is 1. The fourth-order valence-electron chi connectivity index (χ4n) is 2.02. The van der Waals surface area contributed by atoms with Gasteiger partial charge >= 0.3 is 5.97 Å². The van der Waals surface area contributed by atoms with Gasteiger partial charge in [0.1, 0.15) is 5.92 Å². The quantitative estimate of drug-likeness (QED) is 0.606. The minimum atomic E-state index is -0.197. The number of nitrogens with one attached hydrogen (secondary N) is 1. The Kier molecular flexibility index (Phi) is 2.31. The van der Waals surface area contributed by atoms with E-state index < -0.39 is 0 Å². The summed E-state index contributed by atoms with van der Waals surface area (Å²) in [6.45, 7) is 2.85. The lowest BCUT2D eigenvalue weighted by molar-refractivity contribution is -0.144. The van der Waals surface area contributed by atoms with Crippen molar-refractivity contribution < 1.29 is 9.63 Å². The number of hydrogen-bond acceptors (Lipinski definition) is 4. The van der Waals surface area contributed by atoms with Gasteiger partial charge < -0.3 is 10.2 Å². The van der Waals surface area contributed by atoms with Crippen molar-refractivity contribution in [2.75, 3.05) is 6.54 Å². The molecule has 13 heavy (non-hydrogen) atoms. The lowest BCUT2D eigenvalue weighted by atomic mass is 9.89. The Morgan fingerprint density at radius 1 is 1.54 bits per heavy atom. The summed E-state index contributed by atoms with van der Waals surface area (Å²) in [4.78, 5) is 15.9. The van der Waals surface area contributed by atoms with Crippen molar-refractivity contribution >= 4 is 11.7 Å². The second-order valence-corrected chi connectivity index (χ2v) is 3.68. The molecule has 72 valence electrons. The monoisotopic (exact) mass is 182 g/mol. The van der Waals surface area contributed by atoms with E-state index in [-0.39, 0.29) is 17.9 Å². The van der Waals surface area contributed by atoms with Gasteiger partial charge in [0.2, 0.25) is 0 Å². The van der Waals surface area contributed by atoms with Crippen molar-refractivity contribution in [2.45, 2.75) is 32.2 Å². The number of nitrogens with zero attached hydrogens (tertiary/aromatic N) is 1. The smallest absolute Gasteiger partial charge is 0.318 e. The molecule has 1 saturated heterocycles. The Balaban J connectivity index is 2.05. The molecule has 4 nitrogen and oxygen atoms in total. The van der Waals surface area contributed by atoms with Crippen molar-refractivity contribution in [1.82, 2.24) is 5.32 Å². The van der Waals surface area contributed by atoms with Crippen LogP contribution in [0, 0.1) is 5.92 Å². The Labute approximate surface area is 77.3 Å². The van der Waals surface area contributed by atoms with Gasteiger partial charge in [-0.15, -0.1) is 0 Å². The molecule has 2 unspecified atom stereocenters. The van der Waals surface area contributed by atoms with E-state index in [9.17, 15) is 4.79 Å². The van der Waals surface area contributed by atoms with Crippen molar-refractivity contribution in [3.05, 3.63) is 0 Å². The summed E-state index contributed by atoms with van der Waals surface area (Å²) in [5.74, 6) is -0.336. The SMILES string of the molecule is CC1=NOC(=O)C1C1CCCCN1. The molecule has 2 heterocycles. The fourth-order valence-corrected chi connectivity index (χ4v) is 2.02. The van der Waals surface area contributed by atoms with Crippen molar-refractivity contribution in [3.8, 4) is 0 Å². The highest BCUT2D eigenvalue weighted by Crippen LogP contribution is 2.21. The van der Waals surface area contributed by atoms with Gasteiger partial charge in [0.05, 0.1) is 5.71 Å². The Hall–Kier alpha value is -0.900. The van der Waals surface area contributed by atoms with E-state index in [1.807, 2.05) is 6.92 Å². The van der Waals surface area contributed by atoms with Crippen LogP contribution in [0.1, 0.15) is 26.2 Å². The molecule has 0 aromatic carbocycles. The Bertz CT molecular complexity index is 244. The average Bonchev–Trinajstić information content (AvgIpc) is 2.48. The molecule has 2 rings (SSSR count). The lowest BCUT2D eigenvalue weighted by Gasteiger charge is -2.26. The van der Waals surface area contributed by atoms with Crippen LogP contribution in [0.15, 0.2) is 5.16 Å². The van der Waals surface area contributed by atoms with Crippen LogP contribution in [0.4, 0.5) is 0 Å². The molecule has 1 fully saturated rings. The summed E-state index contributed by atoms with van der Waals surface area (Å²) in [5.41, 5.74) is 0.810. The minimum Gasteiger partial charge on any atom is -0.318 e. The maximum absolute atomic E-state index is 11.3. The van der Waals surface area contributed by atoms with Crippen molar-refractivity contribution in [1.29, 1.82) is 0 Å². The summed E-state index contributed by atoms with van der Waals surface area (Å²) in [6.07, 6.45) is 3.44. The topological polar surface area (TPSA) is 50.7 Å². The van der Waals surface area contributed by atoms with Gasteiger partial charge in [0.25, 0.3) is 0 Å². The second-order valence-electron chi connectivity index (χ2n) is 3.68. The van der Waals surface area contributed by atoms with Gasteiger partial charge in [-0.05, 0) is 26.3 Å². The van der Waals surface area contributed by atoms with Crippen LogP contribution in [0.2, 0.25) is 0 Å². The van der Waals surface area contributed by atoms with Crippen molar-refractivity contribution in [2.24, 2.45) is 11.1 Å². The predicted molar refractivity (Wildman–Crippen MR) is 48.3 cm³/mol. The molecule has 1 N–H and O–H groups in total. The molecule has 2 aliphatic heterocycles. The van der Waals surface area contributed by atoms with E-state index in [0.29, 0.717) is 0 Å². The third-order valence-corrected chi connectivity index (χ3v) is 2.73. The highest BCUT2D eigenvalue weighted by atomic mass is 16.7. The van der Waals surface area contributed by atoms with Gasteiger partial charge in [-0.25, -0.2) is 4.79 Å². The zero-order valence-electron chi connectivity index (χ0n) is 7.75. The first-order valence-corrected chi connectivity index (χ1v) is 4.78. The lowest BCUT2D eigenvalue weighted by Crippen LogP contribution is -2.44. The van der Waals surface area contributed by atoms with E-state index in [0.717, 1.165) is 18.7 Å². The molecule has 0 aromatic rings. The predicted octanol–water partition coefficient (Wildman–Crippen LogP) is 0.677. The van der Waals surface area contributed by atoms with Crippen LogP contribution < -0.4 is 5.32 Å². The van der Waals surface area contributed by atoms with Gasteiger partial charge in [-0.2, -0.15) is 0 Å². The average molecular weight is 182 g/mol. The summed E-state index contributed by atoms with van der Waals surface area (Å²) in [5, 5.41) is 7.04. The highest BCUT2D eigenvalue weighted by Gasteiger charge is 2.37. The summed E-state index contributed by atoms with van der Waals surface area (Å²) >= 11 is 0. The Morgan fingerprint density at radius 3 is 2.92 bits per heavy atom. The maximum Gasteiger partial charge on any atom is 0.345 e. The first-order valence-electron chi connectivity index (χ1n) is 4.78. The van der Waals surface area contributed by atoms with Crippen LogP contribution in [-0.2, 0) is 9.63 Å². The standard InChI is InChI=1S/C9H14N2O2/c1-6-8(9(12)13-11-6)7-4-2-3-5-10-7/h7-8,10H,2-5H2,1H3. The van der Waals surface area contributed by atoms with E-state index in [2.05, 4.69) is 15.3 Å². The number of oxime groups is 1. The van der Waals surface area contributed by atoms with Gasteiger partial charge in [-0.1, -0.05) is 11.6 Å². The minimum absolute atomic E-state index is 0.139. The highest BCUT2D eigenvalue weighted by molar-refractivity contribution is 6.04. The molecule has 0 radical (unpaired) electrons. The first kappa shape index (κ1) is 8.69. The van der Waals surface area contributed by atoms with E-state index in [4.69, 9.17) is 0 Å². The molecule has 2 aliphatic rings. The number of carbonyl (C=O) groups excluding carboxylic acids is 1. The van der Waals surface area contributed by atoms with Crippen LogP contribution in [0.3, 0.4) is 0 Å². The molecule has 0 spiro atoms. The number of piperidine rings is 1. The van der Waals surface area contributed by atoms with E-state index in [1.165, 1.54) is 12.8 Å². The number of hydrogen-bond donors (Lipinski definition) is 1. The summed E-state index contributed by atoms with van der Waals surface area (Å²) < 4.78 is 0. The molecular weight excluding hydrogens is 168 g/mol. The van der Waals surface area contributed by atoms with Crippen molar-refractivity contribution in [3.63, 3.8) is 0 Å². The third-order valence-electron chi connectivity index (χ3n) is 2.73. The third kappa shape index (κ3) is 1.58. The molecule has 0 aromatic heterocycles. The fraction of sp³-hybridized carbons (Fsp3) is 0.778. The largest absolute Gasteiger partial charge is 0.345 e. The molecule has 0 saturated carbocycles. The van der Waals surface area contributed by atoms with E-state index >= 15 is 0 Å². The Morgan fingerprint density at radius 2 is 2.38 bits per heavy atom. The van der Waals surface area contributed by atoms with E-state index in [1.54, 1.807) is 0 Å². The van der Waals surface area contributed by atoms with Gasteiger partial charge in [0.15, 0.2) is 0 Å². The van der Waals surface area contributed by atoms with Crippen LogP contribution in [0.5, 0.6) is 0 Å². The summed E-state index contributed by atoms with van der Waals surface area (Å²) in [6, 6.07) is 0.243. The second kappa shape index (κ2) is 3.46. The number of carbonyl (C=O) groups is 1. The normalized spacial score (nSPS) is 34.2. The molecule has 0 bridgehead atoms. The summed E-state index contributed by atoms with van der Waals surface area (Å²) in [7, 11) is 0. The molecular formula is C9H14N2O2. The molecule has 4 heteroatoms. The first-order chi connectivity index (χ1) is 6.29. The maximum atomic E-state index is 11.3. The van der Waals surface area contributed by atoms with Crippen LogP contribution in [-0.4, -0.2) is 24.3 Å². The van der Waals surface area contributed by atoms with Crippen LogP contribution >= 0.6 is 0 Å². The zero-order valence-corrected chi connectivity index (χ0v) is 7.75. The van der Waals surface area contributed by atoms with Gasteiger partial charge in [0, 0.05) is 6.04 Å². The van der Waals surface area contributed by atoms with Crippen LogP contribution in [0.25, 0.3) is 0 Å². The zero-order chi connectivity index (χ0) is 9.26.